The Balaban J connectivity index is 1.81. The highest BCUT2D eigenvalue weighted by Crippen LogP contribution is 2.32. The number of hydrogen-bond acceptors (Lipinski definition) is 3. The SMILES string of the molecule is Cc1cccc(SCC(O)CC2CCCC2)c1N. The first-order valence-electron chi connectivity index (χ1n) is 6.82. The predicted molar refractivity (Wildman–Crippen MR) is 78.9 cm³/mol. The van der Waals surface area contributed by atoms with Gasteiger partial charge in [-0.1, -0.05) is 37.8 Å². The molecular formula is C15H23NOS. The number of nitrogens with two attached hydrogens (primary N) is 1. The van der Waals surface area contributed by atoms with Gasteiger partial charge in [-0.05, 0) is 30.9 Å². The molecular weight excluding hydrogens is 242 g/mol. The van der Waals surface area contributed by atoms with E-state index in [1.807, 2.05) is 25.1 Å². The molecule has 1 aliphatic rings. The van der Waals surface area contributed by atoms with Crippen LogP contribution in [0.5, 0.6) is 0 Å². The topological polar surface area (TPSA) is 46.2 Å². The zero-order valence-electron chi connectivity index (χ0n) is 11.1. The second-order valence-corrected chi connectivity index (χ2v) is 6.40. The van der Waals surface area contributed by atoms with Gasteiger partial charge in [0.05, 0.1) is 6.10 Å². The average Bonchev–Trinajstić information content (AvgIpc) is 2.84. The molecule has 1 fully saturated rings. The first-order chi connectivity index (χ1) is 8.66. The molecule has 0 spiro atoms. The van der Waals surface area contributed by atoms with Crippen molar-refractivity contribution in [3.63, 3.8) is 0 Å². The van der Waals surface area contributed by atoms with Gasteiger partial charge in [0.15, 0.2) is 0 Å². The summed E-state index contributed by atoms with van der Waals surface area (Å²) in [6.07, 6.45) is 6.05. The molecule has 3 N–H and O–H groups in total. The third-order valence-corrected chi connectivity index (χ3v) is 5.01. The zero-order chi connectivity index (χ0) is 13.0. The molecule has 0 aromatic heterocycles. The van der Waals surface area contributed by atoms with E-state index in [2.05, 4.69) is 0 Å². The van der Waals surface area contributed by atoms with Crippen molar-refractivity contribution in [2.45, 2.75) is 50.0 Å². The van der Waals surface area contributed by atoms with Gasteiger partial charge in [-0.15, -0.1) is 11.8 Å². The van der Waals surface area contributed by atoms with Gasteiger partial charge in [0.1, 0.15) is 0 Å². The Morgan fingerprint density at radius 2 is 2.11 bits per heavy atom. The first-order valence-corrected chi connectivity index (χ1v) is 7.81. The van der Waals surface area contributed by atoms with E-state index in [0.29, 0.717) is 0 Å². The molecule has 1 aromatic carbocycles. The lowest BCUT2D eigenvalue weighted by Gasteiger charge is -2.15. The second kappa shape index (κ2) is 6.48. The normalized spacial score (nSPS) is 18.1. The van der Waals surface area contributed by atoms with Crippen LogP contribution < -0.4 is 5.73 Å². The number of hydrogen-bond donors (Lipinski definition) is 2. The molecule has 2 nitrogen and oxygen atoms in total. The molecule has 18 heavy (non-hydrogen) atoms. The van der Waals surface area contributed by atoms with Crippen LogP contribution in [0.1, 0.15) is 37.7 Å². The number of para-hydroxylation sites is 1. The van der Waals surface area contributed by atoms with Crippen molar-refractivity contribution in [3.05, 3.63) is 23.8 Å². The van der Waals surface area contributed by atoms with Crippen LogP contribution in [-0.2, 0) is 0 Å². The van der Waals surface area contributed by atoms with Crippen molar-refractivity contribution < 1.29 is 5.11 Å². The average molecular weight is 265 g/mol. The van der Waals surface area contributed by atoms with Gasteiger partial charge in [0.2, 0.25) is 0 Å². The maximum atomic E-state index is 10.1. The van der Waals surface area contributed by atoms with Crippen LogP contribution in [0.2, 0.25) is 0 Å². The van der Waals surface area contributed by atoms with Crippen molar-refractivity contribution in [2.24, 2.45) is 5.92 Å². The lowest BCUT2D eigenvalue weighted by molar-refractivity contribution is 0.166. The third kappa shape index (κ3) is 3.66. The van der Waals surface area contributed by atoms with Gasteiger partial charge in [0, 0.05) is 16.3 Å². The Morgan fingerprint density at radius 3 is 2.83 bits per heavy atom. The minimum absolute atomic E-state index is 0.196. The summed E-state index contributed by atoms with van der Waals surface area (Å²) in [6.45, 7) is 2.02. The van der Waals surface area contributed by atoms with Crippen LogP contribution in [0.25, 0.3) is 0 Å². The fourth-order valence-corrected chi connectivity index (χ4v) is 3.66. The summed E-state index contributed by atoms with van der Waals surface area (Å²) in [4.78, 5) is 1.10. The fraction of sp³-hybridized carbons (Fsp3) is 0.600. The van der Waals surface area contributed by atoms with Gasteiger partial charge in [-0.3, -0.25) is 0 Å². The number of anilines is 1. The summed E-state index contributed by atoms with van der Waals surface area (Å²) in [7, 11) is 0. The Labute approximate surface area is 114 Å². The van der Waals surface area contributed by atoms with Gasteiger partial charge in [-0.2, -0.15) is 0 Å². The maximum Gasteiger partial charge on any atom is 0.0636 e. The number of rotatable bonds is 5. The molecule has 1 aromatic rings. The Kier molecular flexibility index (Phi) is 4.95. The standard InChI is InChI=1S/C15H23NOS/c1-11-5-4-8-14(15(11)16)18-10-13(17)9-12-6-2-3-7-12/h4-5,8,12-13,17H,2-3,6-7,9-10,16H2,1H3. The lowest BCUT2D eigenvalue weighted by atomic mass is 10.0. The molecule has 100 valence electrons. The Bertz CT molecular complexity index is 388. The summed E-state index contributed by atoms with van der Waals surface area (Å²) in [5.74, 6) is 1.50. The summed E-state index contributed by atoms with van der Waals surface area (Å²) < 4.78 is 0. The Hall–Kier alpha value is -0.670. The van der Waals surface area contributed by atoms with Crippen LogP contribution in [-0.4, -0.2) is 17.0 Å². The van der Waals surface area contributed by atoms with E-state index in [0.717, 1.165) is 34.2 Å². The highest BCUT2D eigenvalue weighted by molar-refractivity contribution is 7.99. The summed E-state index contributed by atoms with van der Waals surface area (Å²) >= 11 is 1.68. The summed E-state index contributed by atoms with van der Waals surface area (Å²) in [6, 6.07) is 6.08. The van der Waals surface area contributed by atoms with Gasteiger partial charge in [-0.25, -0.2) is 0 Å². The minimum Gasteiger partial charge on any atom is -0.398 e. The molecule has 0 amide bonds. The molecule has 0 heterocycles. The predicted octanol–water partition coefficient (Wildman–Crippen LogP) is 3.61. The molecule has 0 radical (unpaired) electrons. The van der Waals surface area contributed by atoms with Crippen LogP contribution in [0.15, 0.2) is 23.1 Å². The van der Waals surface area contributed by atoms with Crippen molar-refractivity contribution in [3.8, 4) is 0 Å². The molecule has 1 aliphatic carbocycles. The highest BCUT2D eigenvalue weighted by Gasteiger charge is 2.19. The van der Waals surface area contributed by atoms with Crippen LogP contribution >= 0.6 is 11.8 Å². The minimum atomic E-state index is -0.196. The van der Waals surface area contributed by atoms with E-state index in [-0.39, 0.29) is 6.10 Å². The quantitative estimate of drug-likeness (QED) is 0.631. The number of aliphatic hydroxyl groups excluding tert-OH is 1. The molecule has 3 heteroatoms. The van der Waals surface area contributed by atoms with Crippen molar-refractivity contribution in [1.82, 2.24) is 0 Å². The maximum absolute atomic E-state index is 10.1. The molecule has 0 bridgehead atoms. The van der Waals surface area contributed by atoms with E-state index in [9.17, 15) is 5.11 Å². The van der Waals surface area contributed by atoms with Gasteiger partial charge < -0.3 is 10.8 Å². The van der Waals surface area contributed by atoms with Crippen LogP contribution in [0.4, 0.5) is 5.69 Å². The molecule has 1 unspecified atom stereocenters. The summed E-state index contributed by atoms with van der Waals surface area (Å²) in [5, 5.41) is 10.1. The number of aliphatic hydroxyl groups is 1. The summed E-state index contributed by atoms with van der Waals surface area (Å²) in [5.41, 5.74) is 8.00. The van der Waals surface area contributed by atoms with Crippen LogP contribution in [0.3, 0.4) is 0 Å². The van der Waals surface area contributed by atoms with E-state index < -0.39 is 0 Å². The number of aryl methyl sites for hydroxylation is 1. The second-order valence-electron chi connectivity index (χ2n) is 5.34. The smallest absolute Gasteiger partial charge is 0.0636 e. The molecule has 0 saturated heterocycles. The van der Waals surface area contributed by atoms with Gasteiger partial charge >= 0.3 is 0 Å². The first kappa shape index (κ1) is 13.8. The lowest BCUT2D eigenvalue weighted by Crippen LogP contribution is -2.14. The molecule has 1 saturated carbocycles. The number of thioether (sulfide) groups is 1. The van der Waals surface area contributed by atoms with Crippen molar-refractivity contribution in [1.29, 1.82) is 0 Å². The van der Waals surface area contributed by atoms with Gasteiger partial charge in [0.25, 0.3) is 0 Å². The third-order valence-electron chi connectivity index (χ3n) is 3.80. The van der Waals surface area contributed by atoms with Crippen molar-refractivity contribution >= 4 is 17.4 Å². The molecule has 0 aliphatic heterocycles. The van der Waals surface area contributed by atoms with E-state index in [4.69, 9.17) is 5.73 Å². The molecule has 2 rings (SSSR count). The Morgan fingerprint density at radius 1 is 1.39 bits per heavy atom. The van der Waals surface area contributed by atoms with Crippen molar-refractivity contribution in [2.75, 3.05) is 11.5 Å². The highest BCUT2D eigenvalue weighted by atomic mass is 32.2. The number of nitrogen functional groups attached to an aromatic ring is 1. The monoisotopic (exact) mass is 265 g/mol. The fourth-order valence-electron chi connectivity index (χ4n) is 2.66. The number of benzene rings is 1. The van der Waals surface area contributed by atoms with E-state index >= 15 is 0 Å². The largest absolute Gasteiger partial charge is 0.398 e. The molecule has 1 atom stereocenters. The van der Waals surface area contributed by atoms with E-state index in [1.165, 1.54) is 25.7 Å². The zero-order valence-corrected chi connectivity index (χ0v) is 11.9. The van der Waals surface area contributed by atoms with E-state index in [1.54, 1.807) is 11.8 Å². The van der Waals surface area contributed by atoms with Crippen LogP contribution in [0, 0.1) is 12.8 Å².